The number of hydrogen-bond acceptors (Lipinski definition) is 5. The van der Waals surface area contributed by atoms with E-state index >= 15 is 0 Å². The van der Waals surface area contributed by atoms with Crippen LogP contribution in [0.3, 0.4) is 0 Å². The number of likely N-dealkylation sites (tertiary alicyclic amines) is 1. The van der Waals surface area contributed by atoms with E-state index in [0.717, 1.165) is 5.69 Å². The van der Waals surface area contributed by atoms with Crippen LogP contribution in [-0.2, 0) is 9.53 Å². The Labute approximate surface area is 141 Å². The summed E-state index contributed by atoms with van der Waals surface area (Å²) in [5, 5.41) is 14.8. The molecule has 1 aromatic rings. The lowest BCUT2D eigenvalue weighted by molar-refractivity contribution is -0.120. The first-order valence-electron chi connectivity index (χ1n) is 8.07. The van der Waals surface area contributed by atoms with E-state index in [9.17, 15) is 9.59 Å². The maximum absolute atomic E-state index is 12.0. The molecule has 0 aliphatic carbocycles. The van der Waals surface area contributed by atoms with Crippen LogP contribution in [0.1, 0.15) is 25.3 Å². The standard InChI is InChI=1S/C17H22N4O3/c1-2-24-17(23)21-8-6-14(7-9-21)20-16(22)12-19-15-5-3-4-13(10-15)11-18/h3-5,10,14,19H,2,6-9,12H2,1H3,(H,20,22). The molecule has 0 aromatic heterocycles. The number of piperidine rings is 1. The van der Waals surface area contributed by atoms with Gasteiger partial charge in [0, 0.05) is 24.8 Å². The fraction of sp³-hybridized carbons (Fsp3) is 0.471. The van der Waals surface area contributed by atoms with Crippen molar-refractivity contribution >= 4 is 17.7 Å². The number of hydrogen-bond donors (Lipinski definition) is 2. The van der Waals surface area contributed by atoms with Gasteiger partial charge in [0.1, 0.15) is 0 Å². The van der Waals surface area contributed by atoms with Gasteiger partial charge in [0.2, 0.25) is 5.91 Å². The van der Waals surface area contributed by atoms with Gasteiger partial charge in [-0.15, -0.1) is 0 Å². The summed E-state index contributed by atoms with van der Waals surface area (Å²) < 4.78 is 4.97. The molecular formula is C17H22N4O3. The zero-order chi connectivity index (χ0) is 17.4. The number of ether oxygens (including phenoxy) is 1. The van der Waals surface area contributed by atoms with Crippen LogP contribution in [0.25, 0.3) is 0 Å². The molecule has 1 aromatic carbocycles. The van der Waals surface area contributed by atoms with Crippen molar-refractivity contribution in [1.82, 2.24) is 10.2 Å². The van der Waals surface area contributed by atoms with Gasteiger partial charge in [-0.3, -0.25) is 4.79 Å². The Kier molecular flexibility index (Phi) is 6.43. The van der Waals surface area contributed by atoms with Gasteiger partial charge in [-0.1, -0.05) is 6.07 Å². The molecule has 2 rings (SSSR count). The van der Waals surface area contributed by atoms with Crippen LogP contribution >= 0.6 is 0 Å². The number of carbonyl (C=O) groups is 2. The summed E-state index contributed by atoms with van der Waals surface area (Å²) in [4.78, 5) is 25.3. The van der Waals surface area contributed by atoms with Crippen molar-refractivity contribution in [3.63, 3.8) is 0 Å². The summed E-state index contributed by atoms with van der Waals surface area (Å²) in [5.41, 5.74) is 1.29. The number of nitrogens with one attached hydrogen (secondary N) is 2. The number of benzene rings is 1. The van der Waals surface area contributed by atoms with Gasteiger partial charge < -0.3 is 20.3 Å². The first kappa shape index (κ1) is 17.6. The number of rotatable bonds is 5. The molecule has 128 valence electrons. The molecule has 1 heterocycles. The second-order valence-electron chi connectivity index (χ2n) is 5.57. The summed E-state index contributed by atoms with van der Waals surface area (Å²) in [7, 11) is 0. The van der Waals surface area contributed by atoms with Gasteiger partial charge in [-0.05, 0) is 38.0 Å². The predicted molar refractivity (Wildman–Crippen MR) is 89.4 cm³/mol. The minimum absolute atomic E-state index is 0.0652. The van der Waals surface area contributed by atoms with Gasteiger partial charge in [0.25, 0.3) is 0 Å². The van der Waals surface area contributed by atoms with E-state index in [1.54, 1.807) is 30.0 Å². The summed E-state index contributed by atoms with van der Waals surface area (Å²) in [5.74, 6) is -0.105. The molecule has 0 unspecified atom stereocenters. The van der Waals surface area contributed by atoms with Gasteiger partial charge in [0.05, 0.1) is 24.8 Å². The van der Waals surface area contributed by atoms with E-state index in [2.05, 4.69) is 16.7 Å². The molecule has 2 N–H and O–H groups in total. The maximum atomic E-state index is 12.0. The molecule has 7 nitrogen and oxygen atoms in total. The van der Waals surface area contributed by atoms with Crippen molar-refractivity contribution in [2.45, 2.75) is 25.8 Å². The molecule has 1 fully saturated rings. The Morgan fingerprint density at radius 3 is 2.79 bits per heavy atom. The highest BCUT2D eigenvalue weighted by molar-refractivity contribution is 5.81. The molecule has 1 aliphatic rings. The van der Waals surface area contributed by atoms with Gasteiger partial charge in [0.15, 0.2) is 0 Å². The van der Waals surface area contributed by atoms with E-state index in [1.165, 1.54) is 0 Å². The Hall–Kier alpha value is -2.75. The van der Waals surface area contributed by atoms with Crippen LogP contribution in [0, 0.1) is 11.3 Å². The summed E-state index contributed by atoms with van der Waals surface area (Å²) >= 11 is 0. The Bertz CT molecular complexity index is 619. The minimum atomic E-state index is -0.290. The molecule has 0 atom stereocenters. The average molecular weight is 330 g/mol. The average Bonchev–Trinajstić information content (AvgIpc) is 2.61. The van der Waals surface area contributed by atoms with Crippen LogP contribution in [0.4, 0.5) is 10.5 Å². The van der Waals surface area contributed by atoms with Crippen molar-refractivity contribution in [1.29, 1.82) is 5.26 Å². The third kappa shape index (κ3) is 5.16. The van der Waals surface area contributed by atoms with E-state index in [0.29, 0.717) is 38.1 Å². The summed E-state index contributed by atoms with van der Waals surface area (Å²) in [6.45, 7) is 3.47. The van der Waals surface area contributed by atoms with E-state index in [1.807, 2.05) is 6.07 Å². The Morgan fingerprint density at radius 2 is 2.12 bits per heavy atom. The topological polar surface area (TPSA) is 94.5 Å². The predicted octanol–water partition coefficient (Wildman–Crippen LogP) is 1.71. The van der Waals surface area contributed by atoms with Crippen molar-refractivity contribution in [3.05, 3.63) is 29.8 Å². The molecule has 7 heteroatoms. The number of nitrogens with zero attached hydrogens (tertiary/aromatic N) is 2. The lowest BCUT2D eigenvalue weighted by atomic mass is 10.1. The van der Waals surface area contributed by atoms with Crippen LogP contribution in [-0.4, -0.2) is 49.2 Å². The minimum Gasteiger partial charge on any atom is -0.450 e. The highest BCUT2D eigenvalue weighted by atomic mass is 16.6. The fourth-order valence-electron chi connectivity index (χ4n) is 2.58. The molecule has 24 heavy (non-hydrogen) atoms. The Morgan fingerprint density at radius 1 is 1.38 bits per heavy atom. The lowest BCUT2D eigenvalue weighted by Gasteiger charge is -2.31. The molecule has 0 spiro atoms. The number of amides is 2. The second-order valence-corrected chi connectivity index (χ2v) is 5.57. The SMILES string of the molecule is CCOC(=O)N1CCC(NC(=O)CNc2cccc(C#N)c2)CC1. The molecule has 0 bridgehead atoms. The molecule has 1 aliphatic heterocycles. The Balaban J connectivity index is 1.72. The highest BCUT2D eigenvalue weighted by Gasteiger charge is 2.24. The van der Waals surface area contributed by atoms with Gasteiger partial charge >= 0.3 is 6.09 Å². The first-order valence-corrected chi connectivity index (χ1v) is 8.07. The van der Waals surface area contributed by atoms with Crippen molar-refractivity contribution in [3.8, 4) is 6.07 Å². The fourth-order valence-corrected chi connectivity index (χ4v) is 2.58. The number of nitriles is 1. The highest BCUT2D eigenvalue weighted by Crippen LogP contribution is 2.12. The van der Waals surface area contributed by atoms with E-state index < -0.39 is 0 Å². The maximum Gasteiger partial charge on any atom is 0.409 e. The normalized spacial score (nSPS) is 14.6. The molecule has 2 amide bonds. The zero-order valence-electron chi connectivity index (χ0n) is 13.7. The monoisotopic (exact) mass is 330 g/mol. The van der Waals surface area contributed by atoms with Crippen LogP contribution in [0.5, 0.6) is 0 Å². The smallest absolute Gasteiger partial charge is 0.409 e. The quantitative estimate of drug-likeness (QED) is 0.857. The van der Waals surface area contributed by atoms with E-state index in [-0.39, 0.29) is 24.6 Å². The van der Waals surface area contributed by atoms with Gasteiger partial charge in [-0.2, -0.15) is 5.26 Å². The molecule has 0 radical (unpaired) electrons. The van der Waals surface area contributed by atoms with Crippen LogP contribution in [0.2, 0.25) is 0 Å². The number of carbonyl (C=O) groups excluding carboxylic acids is 2. The van der Waals surface area contributed by atoms with Crippen LogP contribution < -0.4 is 10.6 Å². The zero-order valence-corrected chi connectivity index (χ0v) is 13.7. The van der Waals surface area contributed by atoms with Gasteiger partial charge in [-0.25, -0.2) is 4.79 Å². The largest absolute Gasteiger partial charge is 0.450 e. The first-order chi connectivity index (χ1) is 11.6. The third-order valence-electron chi connectivity index (χ3n) is 3.83. The van der Waals surface area contributed by atoms with Crippen molar-refractivity contribution in [2.24, 2.45) is 0 Å². The molecule has 0 saturated carbocycles. The van der Waals surface area contributed by atoms with Crippen molar-refractivity contribution in [2.75, 3.05) is 31.6 Å². The summed E-state index contributed by atoms with van der Waals surface area (Å²) in [6.07, 6.45) is 1.14. The van der Waals surface area contributed by atoms with E-state index in [4.69, 9.17) is 10.00 Å². The van der Waals surface area contributed by atoms with Crippen LogP contribution in [0.15, 0.2) is 24.3 Å². The number of anilines is 1. The van der Waals surface area contributed by atoms with Crippen molar-refractivity contribution < 1.29 is 14.3 Å². The molecule has 1 saturated heterocycles. The molecular weight excluding hydrogens is 308 g/mol. The lowest BCUT2D eigenvalue weighted by Crippen LogP contribution is -2.47. The third-order valence-corrected chi connectivity index (χ3v) is 3.83. The second kappa shape index (κ2) is 8.77. The summed E-state index contributed by atoms with van der Waals surface area (Å²) in [6, 6.07) is 9.11.